The van der Waals surface area contributed by atoms with Crippen LogP contribution in [0.25, 0.3) is 0 Å². The van der Waals surface area contributed by atoms with Gasteiger partial charge in [-0.3, -0.25) is 4.99 Å². The van der Waals surface area contributed by atoms with Crippen molar-refractivity contribution in [3.8, 4) is 0 Å². The first kappa shape index (κ1) is 23.8. The first-order valence-corrected chi connectivity index (χ1v) is 4.77. The molecule has 0 aliphatic rings. The van der Waals surface area contributed by atoms with E-state index in [9.17, 15) is 0 Å². The van der Waals surface area contributed by atoms with Crippen LogP contribution in [0.4, 0.5) is 0 Å². The number of aliphatic imine (C=N–C) groups is 1. The van der Waals surface area contributed by atoms with Crippen molar-refractivity contribution in [3.63, 3.8) is 0 Å². The molecule has 3 heteroatoms. The third kappa shape index (κ3) is 19.6. The van der Waals surface area contributed by atoms with Gasteiger partial charge < -0.3 is 11.1 Å². The van der Waals surface area contributed by atoms with Gasteiger partial charge in [0.2, 0.25) is 0 Å². The summed E-state index contributed by atoms with van der Waals surface area (Å²) in [7, 11) is 1.69. The lowest BCUT2D eigenvalue weighted by Gasteiger charge is -2.03. The van der Waals surface area contributed by atoms with Gasteiger partial charge in [0.25, 0.3) is 0 Å². The minimum Gasteiger partial charge on any atom is -0.370 e. The van der Waals surface area contributed by atoms with E-state index in [1.165, 1.54) is 32.1 Å². The second-order valence-electron chi connectivity index (χ2n) is 2.95. The Morgan fingerprint density at radius 1 is 1.07 bits per heavy atom. The summed E-state index contributed by atoms with van der Waals surface area (Å²) in [5.41, 5.74) is 5.45. The molecule has 15 heavy (non-hydrogen) atoms. The SMILES string of the molecule is C.C.C.CCCCCCCNC(N)=NC. The molecular formula is C12H33N3. The van der Waals surface area contributed by atoms with Crippen molar-refractivity contribution < 1.29 is 0 Å². The van der Waals surface area contributed by atoms with Crippen LogP contribution in [0.1, 0.15) is 61.3 Å². The van der Waals surface area contributed by atoms with Crippen molar-refractivity contribution in [1.82, 2.24) is 5.32 Å². The molecule has 0 atom stereocenters. The highest BCUT2D eigenvalue weighted by atomic mass is 15.1. The molecule has 3 nitrogen and oxygen atoms in total. The van der Waals surface area contributed by atoms with Crippen LogP contribution < -0.4 is 11.1 Å². The second kappa shape index (κ2) is 18.9. The zero-order chi connectivity index (χ0) is 9.23. The zero-order valence-electron chi connectivity index (χ0n) is 8.27. The Morgan fingerprint density at radius 2 is 1.60 bits per heavy atom. The van der Waals surface area contributed by atoms with Gasteiger partial charge in [-0.1, -0.05) is 54.9 Å². The number of hydrogen-bond acceptors (Lipinski definition) is 1. The number of hydrogen-bond donors (Lipinski definition) is 2. The molecule has 0 spiro atoms. The van der Waals surface area contributed by atoms with Crippen molar-refractivity contribution in [2.45, 2.75) is 61.3 Å². The van der Waals surface area contributed by atoms with Crippen molar-refractivity contribution in [2.24, 2.45) is 10.7 Å². The lowest BCUT2D eigenvalue weighted by atomic mass is 10.1. The van der Waals surface area contributed by atoms with Crippen LogP contribution in [-0.4, -0.2) is 19.6 Å². The van der Waals surface area contributed by atoms with Crippen molar-refractivity contribution >= 4 is 5.96 Å². The highest BCUT2D eigenvalue weighted by Crippen LogP contribution is 2.00. The number of nitrogens with one attached hydrogen (secondary N) is 1. The fourth-order valence-electron chi connectivity index (χ4n) is 1.02. The zero-order valence-corrected chi connectivity index (χ0v) is 8.27. The van der Waals surface area contributed by atoms with E-state index in [-0.39, 0.29) is 22.3 Å². The van der Waals surface area contributed by atoms with Crippen LogP contribution in [0.5, 0.6) is 0 Å². The van der Waals surface area contributed by atoms with Crippen molar-refractivity contribution in [3.05, 3.63) is 0 Å². The van der Waals surface area contributed by atoms with Gasteiger partial charge >= 0.3 is 0 Å². The maximum atomic E-state index is 5.45. The second-order valence-corrected chi connectivity index (χ2v) is 2.95. The first-order valence-electron chi connectivity index (χ1n) is 4.77. The Morgan fingerprint density at radius 3 is 2.07 bits per heavy atom. The molecule has 0 radical (unpaired) electrons. The van der Waals surface area contributed by atoms with E-state index in [4.69, 9.17) is 5.73 Å². The fourth-order valence-corrected chi connectivity index (χ4v) is 1.02. The van der Waals surface area contributed by atoms with Gasteiger partial charge in [-0.05, 0) is 6.42 Å². The number of nitrogens with zero attached hydrogens (tertiary/aromatic N) is 1. The van der Waals surface area contributed by atoms with Gasteiger partial charge in [-0.15, -0.1) is 0 Å². The van der Waals surface area contributed by atoms with Crippen LogP contribution >= 0.6 is 0 Å². The molecule has 0 aromatic carbocycles. The minimum absolute atomic E-state index is 0. The lowest BCUT2D eigenvalue weighted by molar-refractivity contribution is 0.623. The average Bonchev–Trinajstić information content (AvgIpc) is 2.10. The van der Waals surface area contributed by atoms with Gasteiger partial charge in [0, 0.05) is 13.6 Å². The predicted octanol–water partition coefficient (Wildman–Crippen LogP) is 3.40. The molecule has 0 saturated heterocycles. The third-order valence-electron chi connectivity index (χ3n) is 1.83. The van der Waals surface area contributed by atoms with E-state index < -0.39 is 0 Å². The molecule has 0 bridgehead atoms. The summed E-state index contributed by atoms with van der Waals surface area (Å²) >= 11 is 0. The molecule has 3 N–H and O–H groups in total. The van der Waals surface area contributed by atoms with Crippen LogP contribution in [-0.2, 0) is 0 Å². The third-order valence-corrected chi connectivity index (χ3v) is 1.83. The molecule has 0 aromatic heterocycles. The maximum absolute atomic E-state index is 5.45. The van der Waals surface area contributed by atoms with Crippen molar-refractivity contribution in [1.29, 1.82) is 0 Å². The number of unbranched alkanes of at least 4 members (excludes halogenated alkanes) is 4. The van der Waals surface area contributed by atoms with Gasteiger partial charge in [0.1, 0.15) is 0 Å². The molecule has 0 amide bonds. The van der Waals surface area contributed by atoms with Gasteiger partial charge in [0.15, 0.2) is 5.96 Å². The number of nitrogens with two attached hydrogens (primary N) is 1. The van der Waals surface area contributed by atoms with Gasteiger partial charge in [-0.2, -0.15) is 0 Å². The highest BCUT2D eigenvalue weighted by Gasteiger charge is 1.89. The average molecular weight is 219 g/mol. The van der Waals surface area contributed by atoms with Crippen LogP contribution in [0.3, 0.4) is 0 Å². The Hall–Kier alpha value is -0.730. The molecule has 96 valence electrons. The standard InChI is InChI=1S/C9H21N3.3CH4/c1-3-4-5-6-7-8-12-9(10)11-2;;;/h3-8H2,1-2H3,(H3,10,11,12);3*1H4. The molecule has 0 unspecified atom stereocenters. The van der Waals surface area contributed by atoms with E-state index in [2.05, 4.69) is 17.2 Å². The Labute approximate surface area is 97.6 Å². The highest BCUT2D eigenvalue weighted by molar-refractivity contribution is 5.77. The Bertz CT molecular complexity index is 122. The van der Waals surface area contributed by atoms with E-state index in [1.807, 2.05) is 0 Å². The first-order chi connectivity index (χ1) is 5.81. The van der Waals surface area contributed by atoms with E-state index >= 15 is 0 Å². The summed E-state index contributed by atoms with van der Waals surface area (Å²) in [6.07, 6.45) is 6.46. The molecule has 0 fully saturated rings. The maximum Gasteiger partial charge on any atom is 0.188 e. The summed E-state index contributed by atoms with van der Waals surface area (Å²) < 4.78 is 0. The normalized spacial score (nSPS) is 9.33. The van der Waals surface area contributed by atoms with E-state index in [0.717, 1.165) is 6.54 Å². The predicted molar refractivity (Wildman–Crippen MR) is 74.5 cm³/mol. The summed E-state index contributed by atoms with van der Waals surface area (Å²) in [5.74, 6) is 0.547. The summed E-state index contributed by atoms with van der Waals surface area (Å²) in [4.78, 5) is 3.81. The van der Waals surface area contributed by atoms with E-state index in [0.29, 0.717) is 5.96 Å². The topological polar surface area (TPSA) is 50.4 Å². The van der Waals surface area contributed by atoms with Crippen LogP contribution in [0.2, 0.25) is 0 Å². The van der Waals surface area contributed by atoms with E-state index in [1.54, 1.807) is 7.05 Å². The van der Waals surface area contributed by atoms with Crippen molar-refractivity contribution in [2.75, 3.05) is 13.6 Å². The largest absolute Gasteiger partial charge is 0.370 e. The molecule has 0 aliphatic carbocycles. The number of guanidine groups is 1. The molecule has 0 aromatic rings. The molecule has 0 rings (SSSR count). The Balaban J connectivity index is -0.000000202. The monoisotopic (exact) mass is 219 g/mol. The van der Waals surface area contributed by atoms with Crippen LogP contribution in [0, 0.1) is 0 Å². The fraction of sp³-hybridized carbons (Fsp3) is 0.917. The number of rotatable bonds is 6. The summed E-state index contributed by atoms with van der Waals surface area (Å²) in [5, 5.41) is 3.04. The minimum atomic E-state index is 0. The molecule has 0 heterocycles. The van der Waals surface area contributed by atoms with Crippen LogP contribution in [0.15, 0.2) is 4.99 Å². The smallest absolute Gasteiger partial charge is 0.188 e. The summed E-state index contributed by atoms with van der Waals surface area (Å²) in [6.45, 7) is 3.17. The Kier molecular flexibility index (Phi) is 30.1. The molecule has 0 saturated carbocycles. The van der Waals surface area contributed by atoms with Gasteiger partial charge in [0.05, 0.1) is 0 Å². The lowest BCUT2D eigenvalue weighted by Crippen LogP contribution is -2.31. The quantitative estimate of drug-likeness (QED) is 0.409. The summed E-state index contributed by atoms with van der Waals surface area (Å²) in [6, 6.07) is 0. The van der Waals surface area contributed by atoms with Gasteiger partial charge in [-0.25, -0.2) is 0 Å². The molecule has 0 aliphatic heterocycles. The molecular weight excluding hydrogens is 186 g/mol.